The van der Waals surface area contributed by atoms with Gasteiger partial charge in [-0.2, -0.15) is 0 Å². The minimum atomic E-state index is 1.09. The number of pyridine rings is 3. The molecule has 0 amide bonds. The Morgan fingerprint density at radius 1 is 0.236 bits per heavy atom. The van der Waals surface area contributed by atoms with Gasteiger partial charge in [-0.25, -0.2) is 0 Å². The Labute approximate surface area is 319 Å². The van der Waals surface area contributed by atoms with E-state index in [9.17, 15) is 0 Å². The van der Waals surface area contributed by atoms with Crippen LogP contribution in [0.25, 0.3) is 76.8 Å². The van der Waals surface area contributed by atoms with Crippen molar-refractivity contribution < 1.29 is 0 Å². The summed E-state index contributed by atoms with van der Waals surface area (Å²) in [5.41, 5.74) is 12.7. The highest BCUT2D eigenvalue weighted by atomic mass is 15.1. The molecule has 4 heteroatoms. The number of rotatable bonds is 7. The maximum absolute atomic E-state index is 4.27. The number of hydrogen-bond acceptors (Lipinski definition) is 4. The highest BCUT2D eigenvalue weighted by Crippen LogP contribution is 2.38. The van der Waals surface area contributed by atoms with E-state index in [2.05, 4.69) is 190 Å². The van der Waals surface area contributed by atoms with E-state index in [-0.39, 0.29) is 0 Å². The van der Waals surface area contributed by atoms with Crippen molar-refractivity contribution in [3.63, 3.8) is 0 Å². The van der Waals surface area contributed by atoms with E-state index >= 15 is 0 Å². The highest BCUT2D eigenvalue weighted by Gasteiger charge is 2.14. The summed E-state index contributed by atoms with van der Waals surface area (Å²) < 4.78 is 0. The molecule has 0 unspecified atom stereocenters. The van der Waals surface area contributed by atoms with Gasteiger partial charge >= 0.3 is 0 Å². The molecule has 0 atom stereocenters. The second kappa shape index (κ2) is 13.8. The Morgan fingerprint density at radius 2 is 0.491 bits per heavy atom. The van der Waals surface area contributed by atoms with E-state index in [1.807, 2.05) is 37.2 Å². The van der Waals surface area contributed by atoms with Crippen molar-refractivity contribution in [1.82, 2.24) is 15.0 Å². The molecule has 0 radical (unpaired) electrons. The third-order valence-electron chi connectivity index (χ3n) is 10.5. The topological polar surface area (TPSA) is 41.9 Å². The van der Waals surface area contributed by atoms with E-state index in [0.29, 0.717) is 0 Å². The lowest BCUT2D eigenvalue weighted by molar-refractivity contribution is 1.28. The van der Waals surface area contributed by atoms with Gasteiger partial charge in [-0.05, 0) is 133 Å². The van der Waals surface area contributed by atoms with Crippen molar-refractivity contribution in [1.29, 1.82) is 0 Å². The van der Waals surface area contributed by atoms with Gasteiger partial charge in [-0.3, -0.25) is 15.0 Å². The standard InChI is InChI=1S/C51H34N4/c1-3-37(40-5-8-46-32-52-26-23-43(46)29-40)4-2-35(1)36-11-17-49(18-12-36)55(50-19-13-38(14-20-50)41-6-9-47-33-53-27-24-44(47)30-41)51-21-15-39(16-22-51)42-7-10-48-34-54-28-25-45(48)31-42/h1-34H. The first-order valence-corrected chi connectivity index (χ1v) is 18.5. The predicted octanol–water partition coefficient (Wildman–Crippen LogP) is 13.5. The lowest BCUT2D eigenvalue weighted by atomic mass is 9.98. The van der Waals surface area contributed by atoms with Crippen molar-refractivity contribution in [3.05, 3.63) is 207 Å². The zero-order valence-corrected chi connectivity index (χ0v) is 29.9. The SMILES string of the molecule is c1cc2cc(-c3ccc(-c4ccc(N(c5ccc(-c6ccc7cnccc7c6)cc5)c5ccc(-c6ccc7cnccc7c6)cc5)cc4)cc3)ccc2cn1. The van der Waals surface area contributed by atoms with Crippen LogP contribution in [0.4, 0.5) is 17.1 Å². The van der Waals surface area contributed by atoms with E-state index < -0.39 is 0 Å². The van der Waals surface area contributed by atoms with Gasteiger partial charge in [0.2, 0.25) is 0 Å². The Balaban J connectivity index is 0.976. The maximum Gasteiger partial charge on any atom is 0.0462 e. The average Bonchev–Trinajstić information content (AvgIpc) is 3.27. The second-order valence-corrected chi connectivity index (χ2v) is 13.9. The van der Waals surface area contributed by atoms with Crippen LogP contribution in [-0.4, -0.2) is 15.0 Å². The van der Waals surface area contributed by atoms with Crippen LogP contribution >= 0.6 is 0 Å². The second-order valence-electron chi connectivity index (χ2n) is 13.9. The van der Waals surface area contributed by atoms with Crippen molar-refractivity contribution >= 4 is 49.4 Å². The summed E-state index contributed by atoms with van der Waals surface area (Å²) in [7, 11) is 0. The smallest absolute Gasteiger partial charge is 0.0462 e. The van der Waals surface area contributed by atoms with Crippen LogP contribution < -0.4 is 4.90 Å². The van der Waals surface area contributed by atoms with E-state index in [4.69, 9.17) is 0 Å². The number of nitrogens with zero attached hydrogens (tertiary/aromatic N) is 4. The maximum atomic E-state index is 4.27. The van der Waals surface area contributed by atoms with Gasteiger partial charge in [0, 0.05) is 70.4 Å². The van der Waals surface area contributed by atoms with Crippen LogP contribution in [0.15, 0.2) is 207 Å². The van der Waals surface area contributed by atoms with E-state index in [1.165, 1.54) is 60.7 Å². The molecule has 10 rings (SSSR count). The molecule has 0 N–H and O–H groups in total. The molecule has 7 aromatic carbocycles. The Bertz CT molecular complexity index is 2830. The molecular weight excluding hydrogens is 669 g/mol. The van der Waals surface area contributed by atoms with Gasteiger partial charge in [0.25, 0.3) is 0 Å². The molecule has 0 aliphatic carbocycles. The fraction of sp³-hybridized carbons (Fsp3) is 0. The first-order chi connectivity index (χ1) is 27.2. The molecule has 10 aromatic rings. The molecule has 3 aromatic heterocycles. The summed E-state index contributed by atoms with van der Waals surface area (Å²) >= 11 is 0. The van der Waals surface area contributed by atoms with Crippen LogP contribution in [0.2, 0.25) is 0 Å². The quantitative estimate of drug-likeness (QED) is 0.166. The zero-order chi connectivity index (χ0) is 36.6. The van der Waals surface area contributed by atoms with Crippen LogP contribution in [0.3, 0.4) is 0 Å². The lowest BCUT2D eigenvalue weighted by Gasteiger charge is -2.26. The van der Waals surface area contributed by atoms with Crippen LogP contribution in [0.5, 0.6) is 0 Å². The van der Waals surface area contributed by atoms with Gasteiger partial charge in [-0.1, -0.05) is 97.1 Å². The van der Waals surface area contributed by atoms with Gasteiger partial charge in [0.1, 0.15) is 0 Å². The molecular formula is C51H34N4. The molecule has 0 aliphatic rings. The number of benzene rings is 7. The fourth-order valence-electron chi connectivity index (χ4n) is 7.50. The molecule has 4 nitrogen and oxygen atoms in total. The van der Waals surface area contributed by atoms with Gasteiger partial charge in [0.05, 0.1) is 0 Å². The molecule has 0 aliphatic heterocycles. The van der Waals surface area contributed by atoms with E-state index in [1.54, 1.807) is 0 Å². The number of hydrogen-bond donors (Lipinski definition) is 0. The first-order valence-electron chi connectivity index (χ1n) is 18.5. The number of aromatic nitrogens is 3. The largest absolute Gasteiger partial charge is 0.311 e. The summed E-state index contributed by atoms with van der Waals surface area (Å²) in [6.07, 6.45) is 11.3. The minimum Gasteiger partial charge on any atom is -0.311 e. The molecule has 55 heavy (non-hydrogen) atoms. The summed E-state index contributed by atoms with van der Waals surface area (Å²) in [5, 5.41) is 6.99. The lowest BCUT2D eigenvalue weighted by Crippen LogP contribution is -2.09. The Kier molecular flexibility index (Phi) is 8.12. The predicted molar refractivity (Wildman–Crippen MR) is 229 cm³/mol. The molecule has 0 spiro atoms. The Morgan fingerprint density at radius 3 is 0.800 bits per heavy atom. The molecule has 258 valence electrons. The summed E-state index contributed by atoms with van der Waals surface area (Å²) in [4.78, 5) is 15.1. The van der Waals surface area contributed by atoms with Crippen molar-refractivity contribution in [2.75, 3.05) is 4.90 Å². The third-order valence-corrected chi connectivity index (χ3v) is 10.5. The summed E-state index contributed by atoms with van der Waals surface area (Å²) in [6, 6.07) is 61.2. The zero-order valence-electron chi connectivity index (χ0n) is 29.9. The Hall–Kier alpha value is -7.43. The van der Waals surface area contributed by atoms with Gasteiger partial charge < -0.3 is 4.90 Å². The molecule has 3 heterocycles. The van der Waals surface area contributed by atoms with Gasteiger partial charge in [-0.15, -0.1) is 0 Å². The van der Waals surface area contributed by atoms with Crippen molar-refractivity contribution in [3.8, 4) is 44.5 Å². The average molecular weight is 703 g/mol. The fourth-order valence-corrected chi connectivity index (χ4v) is 7.50. The van der Waals surface area contributed by atoms with Crippen LogP contribution in [0.1, 0.15) is 0 Å². The molecule has 0 bridgehead atoms. The summed E-state index contributed by atoms with van der Waals surface area (Å²) in [6.45, 7) is 0. The van der Waals surface area contributed by atoms with Crippen molar-refractivity contribution in [2.24, 2.45) is 0 Å². The number of fused-ring (bicyclic) bond motifs is 3. The summed E-state index contributed by atoms with van der Waals surface area (Å²) in [5.74, 6) is 0. The molecule has 0 saturated carbocycles. The molecule has 0 saturated heterocycles. The van der Waals surface area contributed by atoms with Gasteiger partial charge in [0.15, 0.2) is 0 Å². The highest BCUT2D eigenvalue weighted by molar-refractivity contribution is 5.90. The minimum absolute atomic E-state index is 1.09. The third kappa shape index (κ3) is 6.36. The van der Waals surface area contributed by atoms with Crippen molar-refractivity contribution in [2.45, 2.75) is 0 Å². The molecule has 0 fully saturated rings. The normalized spacial score (nSPS) is 11.3. The van der Waals surface area contributed by atoms with E-state index in [0.717, 1.165) is 33.2 Å². The monoisotopic (exact) mass is 702 g/mol. The first kappa shape index (κ1) is 32.2. The van der Waals surface area contributed by atoms with Crippen LogP contribution in [0, 0.1) is 0 Å². The number of anilines is 3. The van der Waals surface area contributed by atoms with Crippen LogP contribution in [-0.2, 0) is 0 Å².